The largest absolute Gasteiger partial charge is 0.504 e. The van der Waals surface area contributed by atoms with Crippen LogP contribution in [0.5, 0.6) is 17.2 Å². The fraction of sp³-hybridized carbons (Fsp3) is 0.471. The van der Waals surface area contributed by atoms with Gasteiger partial charge in [-0.1, -0.05) is 36.7 Å². The number of carbonyl (C=O) groups excluding carboxylic acids is 4. The van der Waals surface area contributed by atoms with Gasteiger partial charge in [-0.15, -0.1) is 5.10 Å². The zero-order chi connectivity index (χ0) is 36.4. The maximum absolute atomic E-state index is 13.7. The van der Waals surface area contributed by atoms with Gasteiger partial charge in [0.2, 0.25) is 11.8 Å². The summed E-state index contributed by atoms with van der Waals surface area (Å²) in [5, 5.41) is 37.7. The number of aliphatic hydroxyl groups excluding tert-OH is 1. The molecular formula is C34H44ClN7O8. The van der Waals surface area contributed by atoms with Gasteiger partial charge in [-0.2, -0.15) is 0 Å². The second kappa shape index (κ2) is 17.7. The molecule has 0 fully saturated rings. The number of aromatic nitrogens is 3. The molecule has 50 heavy (non-hydrogen) atoms. The van der Waals surface area contributed by atoms with Gasteiger partial charge in [0.25, 0.3) is 11.8 Å². The van der Waals surface area contributed by atoms with Crippen molar-refractivity contribution in [2.45, 2.75) is 64.8 Å². The van der Waals surface area contributed by atoms with Crippen molar-refractivity contribution < 1.29 is 38.9 Å². The Hall–Kier alpha value is -4.89. The number of amides is 4. The third kappa shape index (κ3) is 10.1. The van der Waals surface area contributed by atoms with E-state index in [0.29, 0.717) is 37.4 Å². The molecule has 16 heteroatoms. The Morgan fingerprint density at radius 2 is 1.88 bits per heavy atom. The highest BCUT2D eigenvalue weighted by Gasteiger charge is 2.31. The number of carbonyl (C=O) groups is 4. The van der Waals surface area contributed by atoms with Crippen LogP contribution in [0.1, 0.15) is 60.0 Å². The lowest BCUT2D eigenvalue weighted by molar-refractivity contribution is -0.131. The van der Waals surface area contributed by atoms with Crippen LogP contribution in [0.2, 0.25) is 5.02 Å². The number of aryl methyl sites for hydroxylation is 1. The summed E-state index contributed by atoms with van der Waals surface area (Å²) in [5.74, 6) is -2.24. The topological polar surface area (TPSA) is 197 Å². The number of ether oxygens (including phenoxy) is 2. The molecule has 4 bridgehead atoms. The molecule has 2 aliphatic heterocycles. The average molecular weight is 714 g/mol. The Labute approximate surface area is 295 Å². The highest BCUT2D eigenvalue weighted by atomic mass is 35.5. The molecule has 5 N–H and O–H groups in total. The van der Waals surface area contributed by atoms with Crippen LogP contribution in [0.25, 0.3) is 0 Å². The van der Waals surface area contributed by atoms with E-state index < -0.39 is 41.8 Å². The van der Waals surface area contributed by atoms with Crippen LogP contribution in [0, 0.1) is 5.92 Å². The molecule has 2 aromatic carbocycles. The van der Waals surface area contributed by atoms with Gasteiger partial charge in [-0.25, -0.2) is 0 Å². The lowest BCUT2D eigenvalue weighted by Gasteiger charge is -2.27. The molecular weight excluding hydrogens is 670 g/mol. The Morgan fingerprint density at radius 1 is 1.10 bits per heavy atom. The monoisotopic (exact) mass is 713 g/mol. The van der Waals surface area contributed by atoms with E-state index >= 15 is 0 Å². The Morgan fingerprint density at radius 3 is 2.58 bits per heavy atom. The summed E-state index contributed by atoms with van der Waals surface area (Å²) in [6.07, 6.45) is 1.62. The molecule has 0 saturated heterocycles. The number of rotatable bonds is 5. The minimum Gasteiger partial charge on any atom is -0.504 e. The van der Waals surface area contributed by atoms with Crippen molar-refractivity contribution in [2.24, 2.45) is 5.92 Å². The van der Waals surface area contributed by atoms with E-state index in [1.807, 2.05) is 13.8 Å². The first-order chi connectivity index (χ1) is 23.9. The number of para-hydroxylation sites is 1. The van der Waals surface area contributed by atoms with Crippen LogP contribution in [-0.2, 0) is 22.6 Å². The number of nitrogens with zero attached hydrogens (tertiary/aromatic N) is 4. The first-order valence-electron chi connectivity index (χ1n) is 16.4. The molecule has 15 nitrogen and oxygen atoms in total. The Balaban J connectivity index is 1.61. The molecule has 2 aliphatic rings. The number of phenols is 1. The van der Waals surface area contributed by atoms with Crippen molar-refractivity contribution in [3.05, 3.63) is 64.4 Å². The van der Waals surface area contributed by atoms with Gasteiger partial charge in [-0.05, 0) is 49.6 Å². The summed E-state index contributed by atoms with van der Waals surface area (Å²) in [4.78, 5) is 55.1. The average Bonchev–Trinajstić information content (AvgIpc) is 3.53. The number of methoxy groups -OCH3 is 1. The third-order valence-electron chi connectivity index (χ3n) is 8.02. The lowest BCUT2D eigenvalue weighted by Crippen LogP contribution is -2.57. The predicted molar refractivity (Wildman–Crippen MR) is 183 cm³/mol. The quantitative estimate of drug-likeness (QED) is 0.244. The summed E-state index contributed by atoms with van der Waals surface area (Å²) in [5.41, 5.74) is 0.794. The fourth-order valence-electron chi connectivity index (χ4n) is 5.36. The minimum absolute atomic E-state index is 0.0112. The maximum atomic E-state index is 13.7. The van der Waals surface area contributed by atoms with Crippen molar-refractivity contribution in [2.75, 3.05) is 33.4 Å². The number of fused-ring (bicyclic) bond motifs is 17. The van der Waals surface area contributed by atoms with Gasteiger partial charge in [-0.3, -0.25) is 23.9 Å². The summed E-state index contributed by atoms with van der Waals surface area (Å²) in [6, 6.07) is 6.65. The highest BCUT2D eigenvalue weighted by molar-refractivity contribution is 6.32. The van der Waals surface area contributed by atoms with E-state index in [1.165, 1.54) is 43.2 Å². The van der Waals surface area contributed by atoms with Crippen LogP contribution < -0.4 is 25.4 Å². The smallest absolute Gasteiger partial charge is 0.257 e. The van der Waals surface area contributed by atoms with Crippen molar-refractivity contribution >= 4 is 35.2 Å². The third-order valence-corrected chi connectivity index (χ3v) is 8.31. The zero-order valence-electron chi connectivity index (χ0n) is 28.5. The van der Waals surface area contributed by atoms with Crippen molar-refractivity contribution in [3.63, 3.8) is 0 Å². The van der Waals surface area contributed by atoms with Crippen molar-refractivity contribution in [3.8, 4) is 17.2 Å². The van der Waals surface area contributed by atoms with E-state index in [2.05, 4.69) is 26.3 Å². The van der Waals surface area contributed by atoms with Crippen LogP contribution in [0.4, 0.5) is 0 Å². The molecule has 4 amide bonds. The van der Waals surface area contributed by atoms with Gasteiger partial charge < -0.3 is 40.5 Å². The molecule has 0 unspecified atom stereocenters. The highest BCUT2D eigenvalue weighted by Crippen LogP contribution is 2.30. The van der Waals surface area contributed by atoms with Crippen LogP contribution in [0.3, 0.4) is 0 Å². The molecule has 0 saturated carbocycles. The van der Waals surface area contributed by atoms with E-state index in [0.717, 1.165) is 0 Å². The fourth-order valence-corrected chi connectivity index (χ4v) is 5.59. The van der Waals surface area contributed by atoms with Gasteiger partial charge >= 0.3 is 0 Å². The summed E-state index contributed by atoms with van der Waals surface area (Å²) in [6.45, 7) is 6.15. The van der Waals surface area contributed by atoms with E-state index in [9.17, 15) is 29.4 Å². The molecule has 270 valence electrons. The van der Waals surface area contributed by atoms with Gasteiger partial charge in [0.15, 0.2) is 11.5 Å². The van der Waals surface area contributed by atoms with Crippen LogP contribution in [-0.4, -0.2) is 105 Å². The number of nitrogens with one attached hydrogen (secondary N) is 3. The van der Waals surface area contributed by atoms with Gasteiger partial charge in [0.1, 0.15) is 17.8 Å². The zero-order valence-corrected chi connectivity index (χ0v) is 29.3. The number of benzene rings is 2. The summed E-state index contributed by atoms with van der Waals surface area (Å²) >= 11 is 6.40. The second-order valence-corrected chi connectivity index (χ2v) is 12.8. The van der Waals surface area contributed by atoms with Gasteiger partial charge in [0.05, 0.1) is 36.1 Å². The summed E-state index contributed by atoms with van der Waals surface area (Å²) < 4.78 is 12.7. The van der Waals surface area contributed by atoms with Crippen LogP contribution in [0.15, 0.2) is 42.6 Å². The SMILES string of the molecule is COc1cccc(C(=O)N2CCNC(=O)[C@@H](CC(C)C)NC(=O)[C@H]([C@@H](C)O)NC(=O)c3ccc(c(Cl)c3)OCCCn3cc(nn3)CC2)c1O. The molecule has 3 aromatic rings. The number of halogens is 1. The Bertz CT molecular complexity index is 1660. The standard InChI is InChI=1S/C34H44ClN7O8/c1-20(2)17-26-32(46)36-12-15-41(34(48)24-7-5-8-28(49-4)30(24)44)14-11-23-19-42(40-39-23)13-6-16-50-27-10-9-22(18-25(27)35)31(45)38-29(21(3)43)33(47)37-26/h5,7-10,18-21,26,29,43-44H,6,11-17H2,1-4H3,(H,36,46)(H,37,47)(H,38,45)/t21-,26-,29+/m1/s1. The number of aliphatic hydroxyl groups is 1. The van der Waals surface area contributed by atoms with Gasteiger partial charge in [0, 0.05) is 50.8 Å². The second-order valence-electron chi connectivity index (χ2n) is 12.4. The van der Waals surface area contributed by atoms with E-state index in [1.54, 1.807) is 23.0 Å². The summed E-state index contributed by atoms with van der Waals surface area (Å²) in [7, 11) is 1.38. The number of aromatic hydroxyl groups is 1. The van der Waals surface area contributed by atoms with Crippen molar-refractivity contribution in [1.82, 2.24) is 35.8 Å². The van der Waals surface area contributed by atoms with E-state index in [-0.39, 0.29) is 59.6 Å². The normalized spacial score (nSPS) is 19.1. The maximum Gasteiger partial charge on any atom is 0.257 e. The first-order valence-corrected chi connectivity index (χ1v) is 16.8. The minimum atomic E-state index is -1.38. The van der Waals surface area contributed by atoms with Crippen LogP contribution >= 0.6 is 11.6 Å². The molecule has 0 spiro atoms. The lowest BCUT2D eigenvalue weighted by atomic mass is 10.0. The molecule has 3 atom stereocenters. The van der Waals surface area contributed by atoms with E-state index in [4.69, 9.17) is 21.1 Å². The molecule has 0 radical (unpaired) electrons. The molecule has 5 rings (SSSR count). The number of phenolic OH excluding ortho intramolecular Hbond substituents is 1. The molecule has 3 heterocycles. The Kier molecular flexibility index (Phi) is 13.4. The molecule has 1 aromatic heterocycles. The number of hydrogen-bond acceptors (Lipinski definition) is 10. The molecule has 0 aliphatic carbocycles. The first kappa shape index (κ1) is 37.9. The predicted octanol–water partition coefficient (Wildman–Crippen LogP) is 1.94. The number of hydrogen-bond donors (Lipinski definition) is 5. The van der Waals surface area contributed by atoms with Crippen molar-refractivity contribution in [1.29, 1.82) is 0 Å².